The Balaban J connectivity index is 2.29. The fourth-order valence-corrected chi connectivity index (χ4v) is 0.819. The zero-order valence-electron chi connectivity index (χ0n) is 6.77. The minimum Gasteiger partial charge on any atom is -0.326 e. The maximum absolute atomic E-state index is 6.56. The van der Waals surface area contributed by atoms with Gasteiger partial charge in [0.25, 0.3) is 0 Å². The van der Waals surface area contributed by atoms with Crippen LogP contribution in [0.25, 0.3) is 4.85 Å². The predicted octanol–water partition coefficient (Wildman–Crippen LogP) is 3.04. The standard InChI is InChI=1S/C9H7NO2S/c1-8(10-2)13-12-11-9-6-4-3-5-7-9/h3-7H,1H2. The SMILES string of the molecule is [C-]#[N+]C(=C)SOOc1ccccc1. The molecule has 4 heteroatoms. The van der Waals surface area contributed by atoms with Crippen LogP contribution in [0.5, 0.6) is 5.75 Å². The number of hydrogen-bond acceptors (Lipinski definition) is 3. The zero-order chi connectivity index (χ0) is 9.52. The van der Waals surface area contributed by atoms with Gasteiger partial charge < -0.3 is 4.89 Å². The van der Waals surface area contributed by atoms with Crippen LogP contribution in [0.3, 0.4) is 0 Å². The summed E-state index contributed by atoms with van der Waals surface area (Å²) in [6.45, 7) is 9.97. The normalized spacial score (nSPS) is 8.85. The molecule has 0 radical (unpaired) electrons. The molecule has 0 bridgehead atoms. The Hall–Kier alpha value is -1.44. The largest absolute Gasteiger partial charge is 0.326 e. The second-order valence-corrected chi connectivity index (χ2v) is 2.83. The Labute approximate surface area is 80.9 Å². The second-order valence-electron chi connectivity index (χ2n) is 2.05. The van der Waals surface area contributed by atoms with Crippen molar-refractivity contribution in [3.8, 4) is 5.75 Å². The Kier molecular flexibility index (Phi) is 3.89. The highest BCUT2D eigenvalue weighted by atomic mass is 32.2. The molecule has 1 rings (SSSR count). The van der Waals surface area contributed by atoms with E-state index in [2.05, 4.69) is 15.8 Å². The van der Waals surface area contributed by atoms with Gasteiger partial charge in [0.15, 0.2) is 5.75 Å². The number of para-hydroxylation sites is 1. The van der Waals surface area contributed by atoms with E-state index in [1.807, 2.05) is 18.2 Å². The molecule has 0 aromatic heterocycles. The zero-order valence-corrected chi connectivity index (χ0v) is 7.58. The summed E-state index contributed by atoms with van der Waals surface area (Å²) < 4.78 is 4.68. The fourth-order valence-electron chi connectivity index (χ4n) is 0.590. The molecule has 0 spiro atoms. The van der Waals surface area contributed by atoms with E-state index in [9.17, 15) is 0 Å². The van der Waals surface area contributed by atoms with Crippen LogP contribution in [0.1, 0.15) is 0 Å². The van der Waals surface area contributed by atoms with Crippen LogP contribution in [-0.2, 0) is 4.33 Å². The molecule has 1 aromatic carbocycles. The minimum absolute atomic E-state index is 0.232. The van der Waals surface area contributed by atoms with Crippen LogP contribution in [0.15, 0.2) is 41.9 Å². The Morgan fingerprint density at radius 2 is 2.08 bits per heavy atom. The first-order valence-electron chi connectivity index (χ1n) is 3.45. The first-order chi connectivity index (χ1) is 6.33. The lowest BCUT2D eigenvalue weighted by atomic mass is 10.3. The topological polar surface area (TPSA) is 22.8 Å². The van der Waals surface area contributed by atoms with Crippen molar-refractivity contribution in [2.24, 2.45) is 0 Å². The Morgan fingerprint density at radius 1 is 1.38 bits per heavy atom. The molecule has 0 saturated carbocycles. The van der Waals surface area contributed by atoms with Crippen molar-refractivity contribution in [2.45, 2.75) is 0 Å². The molecule has 1 aromatic rings. The van der Waals surface area contributed by atoms with Gasteiger partial charge in [0.2, 0.25) is 5.03 Å². The lowest BCUT2D eigenvalue weighted by Gasteiger charge is -2.00. The molecule has 0 atom stereocenters. The van der Waals surface area contributed by atoms with Gasteiger partial charge in [-0.1, -0.05) is 24.8 Å². The molecule has 0 saturated heterocycles. The van der Waals surface area contributed by atoms with Crippen LogP contribution >= 0.6 is 12.0 Å². The van der Waals surface area contributed by atoms with E-state index in [0.29, 0.717) is 5.75 Å². The third-order valence-electron chi connectivity index (χ3n) is 1.13. The van der Waals surface area contributed by atoms with E-state index in [4.69, 9.17) is 11.5 Å². The van der Waals surface area contributed by atoms with Crippen molar-refractivity contribution in [1.29, 1.82) is 0 Å². The van der Waals surface area contributed by atoms with Crippen molar-refractivity contribution in [3.63, 3.8) is 0 Å². The number of rotatable bonds is 4. The van der Waals surface area contributed by atoms with Gasteiger partial charge in [-0.3, -0.25) is 0 Å². The maximum Gasteiger partial charge on any atom is 0.243 e. The van der Waals surface area contributed by atoms with E-state index < -0.39 is 0 Å². The maximum atomic E-state index is 6.56. The van der Waals surface area contributed by atoms with Crippen molar-refractivity contribution in [3.05, 3.63) is 53.4 Å². The molecule has 0 fully saturated rings. The predicted molar refractivity (Wildman–Crippen MR) is 51.5 cm³/mol. The van der Waals surface area contributed by atoms with E-state index in [1.165, 1.54) is 0 Å². The lowest BCUT2D eigenvalue weighted by Crippen LogP contribution is -1.87. The third kappa shape index (κ3) is 3.65. The highest BCUT2D eigenvalue weighted by Crippen LogP contribution is 2.18. The lowest BCUT2D eigenvalue weighted by molar-refractivity contribution is -0.0767. The van der Waals surface area contributed by atoms with Crippen LogP contribution in [0, 0.1) is 6.57 Å². The van der Waals surface area contributed by atoms with E-state index in [1.54, 1.807) is 12.1 Å². The van der Waals surface area contributed by atoms with E-state index >= 15 is 0 Å². The van der Waals surface area contributed by atoms with E-state index in [0.717, 1.165) is 12.0 Å². The quantitative estimate of drug-likeness (QED) is 0.317. The number of benzene rings is 1. The summed E-state index contributed by atoms with van der Waals surface area (Å²) in [7, 11) is 0. The average molecular weight is 193 g/mol. The average Bonchev–Trinajstić information content (AvgIpc) is 2.19. The first kappa shape index (κ1) is 9.65. The molecule has 0 aliphatic heterocycles. The monoisotopic (exact) mass is 193 g/mol. The number of nitrogens with zero attached hydrogens (tertiary/aromatic N) is 1. The fraction of sp³-hybridized carbons (Fsp3) is 0. The van der Waals surface area contributed by atoms with Gasteiger partial charge in [-0.25, -0.2) is 4.85 Å². The molecular weight excluding hydrogens is 186 g/mol. The van der Waals surface area contributed by atoms with Gasteiger partial charge in [0, 0.05) is 0 Å². The molecule has 0 unspecified atom stereocenters. The molecule has 3 nitrogen and oxygen atoms in total. The minimum atomic E-state index is 0.232. The van der Waals surface area contributed by atoms with Crippen LogP contribution in [0.4, 0.5) is 0 Å². The first-order valence-corrected chi connectivity index (χ1v) is 4.19. The van der Waals surface area contributed by atoms with Gasteiger partial charge in [0.05, 0.1) is 18.6 Å². The van der Waals surface area contributed by atoms with Gasteiger partial charge in [0.1, 0.15) is 0 Å². The summed E-state index contributed by atoms with van der Waals surface area (Å²) in [4.78, 5) is 7.87. The molecule has 66 valence electrons. The summed E-state index contributed by atoms with van der Waals surface area (Å²) >= 11 is 0.800. The van der Waals surface area contributed by atoms with Crippen molar-refractivity contribution >= 4 is 12.0 Å². The molecule has 0 aliphatic rings. The highest BCUT2D eigenvalue weighted by molar-refractivity contribution is 7.98. The molecule has 0 N–H and O–H groups in total. The summed E-state index contributed by atoms with van der Waals surface area (Å²) in [5, 5.41) is 0.232. The number of hydrogen-bond donors (Lipinski definition) is 0. The summed E-state index contributed by atoms with van der Waals surface area (Å²) in [5.41, 5.74) is 0. The third-order valence-corrected chi connectivity index (χ3v) is 1.55. The second kappa shape index (κ2) is 5.25. The van der Waals surface area contributed by atoms with Crippen molar-refractivity contribution < 1.29 is 9.22 Å². The Bertz CT molecular complexity index is 318. The van der Waals surface area contributed by atoms with Crippen LogP contribution in [-0.4, -0.2) is 0 Å². The van der Waals surface area contributed by atoms with Crippen molar-refractivity contribution in [1.82, 2.24) is 0 Å². The van der Waals surface area contributed by atoms with Crippen LogP contribution in [0.2, 0.25) is 0 Å². The smallest absolute Gasteiger partial charge is 0.243 e. The highest BCUT2D eigenvalue weighted by Gasteiger charge is 1.96. The molecule has 0 aliphatic carbocycles. The van der Waals surface area contributed by atoms with Gasteiger partial charge in [-0.2, -0.15) is 0 Å². The summed E-state index contributed by atoms with van der Waals surface area (Å²) in [6.07, 6.45) is 0. The molecule has 0 heterocycles. The Morgan fingerprint density at radius 3 is 2.69 bits per heavy atom. The molecule has 13 heavy (non-hydrogen) atoms. The molecule has 0 amide bonds. The van der Waals surface area contributed by atoms with Gasteiger partial charge in [-0.15, -0.1) is 4.33 Å². The van der Waals surface area contributed by atoms with Crippen LogP contribution < -0.4 is 4.89 Å². The van der Waals surface area contributed by atoms with E-state index in [-0.39, 0.29) is 5.03 Å². The van der Waals surface area contributed by atoms with Gasteiger partial charge >= 0.3 is 0 Å². The molecular formula is C9H7NO2S. The van der Waals surface area contributed by atoms with Gasteiger partial charge in [-0.05, 0) is 12.1 Å². The van der Waals surface area contributed by atoms with Crippen molar-refractivity contribution in [2.75, 3.05) is 0 Å². The summed E-state index contributed by atoms with van der Waals surface area (Å²) in [6, 6.07) is 9.03. The summed E-state index contributed by atoms with van der Waals surface area (Å²) in [5.74, 6) is 0.591.